The van der Waals surface area contributed by atoms with Gasteiger partial charge in [-0.05, 0) is 32.8 Å². The van der Waals surface area contributed by atoms with Gasteiger partial charge in [-0.25, -0.2) is 4.68 Å². The molecule has 22 heavy (non-hydrogen) atoms. The van der Waals surface area contributed by atoms with E-state index in [-0.39, 0.29) is 24.1 Å². The summed E-state index contributed by atoms with van der Waals surface area (Å²) in [6.07, 6.45) is 4.26. The number of aryl methyl sites for hydroxylation is 1. The van der Waals surface area contributed by atoms with Crippen LogP contribution >= 0.6 is 0 Å². The third-order valence-electron chi connectivity index (χ3n) is 3.69. The fourth-order valence-electron chi connectivity index (χ4n) is 2.24. The topological polar surface area (TPSA) is 87.8 Å². The number of unbranched alkanes of at least 4 members (excludes halogenated alkanes) is 2. The van der Waals surface area contributed by atoms with Crippen LogP contribution in [-0.2, 0) is 11.3 Å². The number of rotatable bonds is 7. The first-order valence-corrected chi connectivity index (χ1v) is 7.68. The summed E-state index contributed by atoms with van der Waals surface area (Å²) in [5.74, 6) is -0.259. The molecule has 1 N–H and O–H groups in total. The lowest BCUT2D eigenvalue weighted by molar-refractivity contribution is -0.122. The molecule has 0 aromatic carbocycles. The third kappa shape index (κ3) is 4.69. The smallest absolute Gasteiger partial charge is 0.285 e. The Morgan fingerprint density at radius 3 is 2.68 bits per heavy atom. The summed E-state index contributed by atoms with van der Waals surface area (Å²) in [6.45, 7) is 7.32. The van der Waals surface area contributed by atoms with Crippen LogP contribution in [0, 0.1) is 25.2 Å². The average molecular weight is 304 g/mol. The number of amides is 1. The second-order valence-corrected chi connectivity index (χ2v) is 5.62. The van der Waals surface area contributed by atoms with E-state index < -0.39 is 5.56 Å². The number of nitriles is 1. The zero-order chi connectivity index (χ0) is 16.7. The molecule has 0 fully saturated rings. The SMILES string of the molecule is CCCCCC(C)NC(=O)Cn1nc(C)c(C)c(C#N)c1=O. The van der Waals surface area contributed by atoms with Gasteiger partial charge >= 0.3 is 0 Å². The van der Waals surface area contributed by atoms with Crippen LogP contribution in [0.15, 0.2) is 4.79 Å². The van der Waals surface area contributed by atoms with E-state index in [0.29, 0.717) is 11.3 Å². The lowest BCUT2D eigenvalue weighted by atomic mass is 10.1. The van der Waals surface area contributed by atoms with Gasteiger partial charge in [-0.15, -0.1) is 0 Å². The summed E-state index contributed by atoms with van der Waals surface area (Å²) in [6, 6.07) is 1.95. The molecule has 0 aliphatic rings. The van der Waals surface area contributed by atoms with Gasteiger partial charge < -0.3 is 5.32 Å². The van der Waals surface area contributed by atoms with Crippen molar-refractivity contribution in [2.45, 2.75) is 66.0 Å². The number of hydrogen-bond donors (Lipinski definition) is 1. The zero-order valence-electron chi connectivity index (χ0n) is 13.8. The van der Waals surface area contributed by atoms with Crippen molar-refractivity contribution in [2.75, 3.05) is 0 Å². The molecule has 0 saturated carbocycles. The molecule has 0 saturated heterocycles. The van der Waals surface area contributed by atoms with Gasteiger partial charge in [0.15, 0.2) is 0 Å². The van der Waals surface area contributed by atoms with Crippen molar-refractivity contribution in [1.82, 2.24) is 15.1 Å². The van der Waals surface area contributed by atoms with Gasteiger partial charge in [-0.2, -0.15) is 10.4 Å². The van der Waals surface area contributed by atoms with Gasteiger partial charge in [-0.1, -0.05) is 26.2 Å². The van der Waals surface area contributed by atoms with E-state index >= 15 is 0 Å². The highest BCUT2D eigenvalue weighted by Crippen LogP contribution is 2.05. The van der Waals surface area contributed by atoms with Crippen LogP contribution in [-0.4, -0.2) is 21.7 Å². The highest BCUT2D eigenvalue weighted by Gasteiger charge is 2.14. The Morgan fingerprint density at radius 1 is 1.41 bits per heavy atom. The van der Waals surface area contributed by atoms with Crippen molar-refractivity contribution in [2.24, 2.45) is 0 Å². The number of carbonyl (C=O) groups is 1. The van der Waals surface area contributed by atoms with E-state index in [1.54, 1.807) is 13.8 Å². The Balaban J connectivity index is 2.75. The Kier molecular flexibility index (Phi) is 6.77. The standard InChI is InChI=1S/C16H24N4O2/c1-5-6-7-8-11(2)18-15(21)10-20-16(22)14(9-17)12(3)13(4)19-20/h11H,5-8,10H2,1-4H3,(H,18,21). The molecule has 0 spiro atoms. The predicted molar refractivity (Wildman–Crippen MR) is 84.4 cm³/mol. The summed E-state index contributed by atoms with van der Waals surface area (Å²) in [5.41, 5.74) is 0.688. The van der Waals surface area contributed by atoms with Crippen LogP contribution in [0.3, 0.4) is 0 Å². The zero-order valence-corrected chi connectivity index (χ0v) is 13.8. The molecular formula is C16H24N4O2. The van der Waals surface area contributed by atoms with Gasteiger partial charge in [0.2, 0.25) is 5.91 Å². The van der Waals surface area contributed by atoms with Crippen molar-refractivity contribution < 1.29 is 4.79 Å². The summed E-state index contributed by atoms with van der Waals surface area (Å²) < 4.78 is 1.06. The fourth-order valence-corrected chi connectivity index (χ4v) is 2.24. The highest BCUT2D eigenvalue weighted by molar-refractivity contribution is 5.75. The maximum Gasteiger partial charge on any atom is 0.285 e. The van der Waals surface area contributed by atoms with Gasteiger partial charge in [0.25, 0.3) is 5.56 Å². The molecule has 1 amide bonds. The van der Waals surface area contributed by atoms with Crippen molar-refractivity contribution in [1.29, 1.82) is 5.26 Å². The van der Waals surface area contributed by atoms with E-state index in [1.807, 2.05) is 13.0 Å². The predicted octanol–water partition coefficient (Wildman–Crippen LogP) is 1.82. The first-order chi connectivity index (χ1) is 10.4. The Morgan fingerprint density at radius 2 is 2.09 bits per heavy atom. The molecule has 1 aromatic heterocycles. The molecule has 1 rings (SSSR count). The number of hydrogen-bond acceptors (Lipinski definition) is 4. The Hall–Kier alpha value is -2.16. The van der Waals surface area contributed by atoms with Gasteiger partial charge in [0.05, 0.1) is 5.69 Å². The molecule has 0 aliphatic carbocycles. The lowest BCUT2D eigenvalue weighted by Gasteiger charge is -2.14. The van der Waals surface area contributed by atoms with E-state index in [0.717, 1.165) is 30.4 Å². The minimum atomic E-state index is -0.514. The van der Waals surface area contributed by atoms with Crippen LogP contribution in [0.4, 0.5) is 0 Å². The van der Waals surface area contributed by atoms with Gasteiger partial charge in [-0.3, -0.25) is 9.59 Å². The van der Waals surface area contributed by atoms with Gasteiger partial charge in [0.1, 0.15) is 18.2 Å². The molecule has 0 aliphatic heterocycles. The van der Waals surface area contributed by atoms with Crippen LogP contribution < -0.4 is 10.9 Å². The van der Waals surface area contributed by atoms with E-state index in [9.17, 15) is 9.59 Å². The third-order valence-corrected chi connectivity index (χ3v) is 3.69. The van der Waals surface area contributed by atoms with Crippen LogP contribution in [0.5, 0.6) is 0 Å². The normalized spacial score (nSPS) is 11.8. The minimum absolute atomic E-state index is 0.0521. The first-order valence-electron chi connectivity index (χ1n) is 7.68. The summed E-state index contributed by atoms with van der Waals surface area (Å²) in [5, 5.41) is 16.0. The molecule has 120 valence electrons. The van der Waals surface area contributed by atoms with Crippen molar-refractivity contribution in [3.8, 4) is 6.07 Å². The summed E-state index contributed by atoms with van der Waals surface area (Å²) >= 11 is 0. The first kappa shape index (κ1) is 17.9. The largest absolute Gasteiger partial charge is 0.352 e. The minimum Gasteiger partial charge on any atom is -0.352 e. The molecule has 1 heterocycles. The molecule has 0 radical (unpaired) electrons. The maximum absolute atomic E-state index is 12.1. The second-order valence-electron chi connectivity index (χ2n) is 5.62. The maximum atomic E-state index is 12.1. The lowest BCUT2D eigenvalue weighted by Crippen LogP contribution is -2.39. The average Bonchev–Trinajstić information content (AvgIpc) is 2.45. The van der Waals surface area contributed by atoms with E-state index in [1.165, 1.54) is 0 Å². The quantitative estimate of drug-likeness (QED) is 0.778. The van der Waals surface area contributed by atoms with Crippen LogP contribution in [0.2, 0.25) is 0 Å². The number of aromatic nitrogens is 2. The number of nitrogens with one attached hydrogen (secondary N) is 1. The molecule has 6 heteroatoms. The van der Waals surface area contributed by atoms with E-state index in [2.05, 4.69) is 17.3 Å². The van der Waals surface area contributed by atoms with Crippen molar-refractivity contribution in [3.05, 3.63) is 27.2 Å². The molecule has 1 unspecified atom stereocenters. The van der Waals surface area contributed by atoms with Crippen molar-refractivity contribution >= 4 is 5.91 Å². The Bertz CT molecular complexity index is 628. The van der Waals surface area contributed by atoms with E-state index in [4.69, 9.17) is 5.26 Å². The molecule has 1 aromatic rings. The molecular weight excluding hydrogens is 280 g/mol. The monoisotopic (exact) mass is 304 g/mol. The fraction of sp³-hybridized carbons (Fsp3) is 0.625. The second kappa shape index (κ2) is 8.32. The molecule has 1 atom stereocenters. The number of nitrogens with zero attached hydrogens (tertiary/aromatic N) is 3. The number of carbonyl (C=O) groups excluding carboxylic acids is 1. The van der Waals surface area contributed by atoms with Crippen LogP contribution in [0.1, 0.15) is 56.4 Å². The molecule has 0 bridgehead atoms. The van der Waals surface area contributed by atoms with Crippen LogP contribution in [0.25, 0.3) is 0 Å². The highest BCUT2D eigenvalue weighted by atomic mass is 16.2. The molecule has 6 nitrogen and oxygen atoms in total. The summed E-state index contributed by atoms with van der Waals surface area (Å²) in [7, 11) is 0. The van der Waals surface area contributed by atoms with Gasteiger partial charge in [0, 0.05) is 6.04 Å². The van der Waals surface area contributed by atoms with Crippen molar-refractivity contribution in [3.63, 3.8) is 0 Å². The summed E-state index contributed by atoms with van der Waals surface area (Å²) in [4.78, 5) is 24.1. The Labute approximate surface area is 131 Å².